The summed E-state index contributed by atoms with van der Waals surface area (Å²) in [6.07, 6.45) is -0.372. The lowest BCUT2D eigenvalue weighted by Gasteiger charge is -2.52. The summed E-state index contributed by atoms with van der Waals surface area (Å²) in [5.74, 6) is -2.09. The minimum Gasteiger partial charge on any atom is -0.446 e. The van der Waals surface area contributed by atoms with Gasteiger partial charge in [0.05, 0.1) is 17.4 Å². The van der Waals surface area contributed by atoms with Crippen LogP contribution in [0.2, 0.25) is 0 Å². The third-order valence-corrected chi connectivity index (χ3v) is 6.22. The molecule has 2 aromatic carbocycles. The van der Waals surface area contributed by atoms with Gasteiger partial charge in [-0.15, -0.1) is 0 Å². The van der Waals surface area contributed by atoms with Crippen molar-refractivity contribution in [3.05, 3.63) is 36.4 Å². The van der Waals surface area contributed by atoms with E-state index in [9.17, 15) is 14.7 Å². The first-order valence-corrected chi connectivity index (χ1v) is 8.88. The molecule has 0 bridgehead atoms. The summed E-state index contributed by atoms with van der Waals surface area (Å²) >= 11 is 0. The number of ether oxygens (including phenoxy) is 3. The Balaban J connectivity index is 1.60. The highest BCUT2D eigenvalue weighted by Gasteiger charge is 2.80. The van der Waals surface area contributed by atoms with Gasteiger partial charge < -0.3 is 19.3 Å². The van der Waals surface area contributed by atoms with Crippen molar-refractivity contribution >= 4 is 22.3 Å². The largest absolute Gasteiger partial charge is 0.446 e. The van der Waals surface area contributed by atoms with Gasteiger partial charge in [0, 0.05) is 12.8 Å². The number of epoxide rings is 1. The number of fused-ring (bicyclic) bond motifs is 4. The van der Waals surface area contributed by atoms with E-state index >= 15 is 0 Å². The van der Waals surface area contributed by atoms with E-state index in [1.54, 1.807) is 12.1 Å². The van der Waals surface area contributed by atoms with Crippen LogP contribution in [0.3, 0.4) is 0 Å². The molecule has 2 aromatic rings. The number of carbonyl (C=O) groups excluding carboxylic acids is 2. The van der Waals surface area contributed by atoms with Crippen molar-refractivity contribution in [2.24, 2.45) is 5.92 Å². The lowest BCUT2D eigenvalue weighted by Crippen LogP contribution is -2.76. The number of Topliss-reactive ketones (excluding diaryl/α,β-unsaturated/α-hetero) is 2. The van der Waals surface area contributed by atoms with Gasteiger partial charge in [0.2, 0.25) is 5.60 Å². The van der Waals surface area contributed by atoms with Crippen molar-refractivity contribution in [3.63, 3.8) is 0 Å². The van der Waals surface area contributed by atoms with Gasteiger partial charge in [-0.1, -0.05) is 24.3 Å². The molecule has 0 amide bonds. The van der Waals surface area contributed by atoms with Crippen molar-refractivity contribution in [1.29, 1.82) is 0 Å². The molecule has 0 radical (unpaired) electrons. The molecule has 2 saturated carbocycles. The molecule has 6 rings (SSSR count). The minimum absolute atomic E-state index is 0.0104. The molecule has 1 saturated heterocycles. The van der Waals surface area contributed by atoms with Crippen molar-refractivity contribution in [1.82, 2.24) is 0 Å². The summed E-state index contributed by atoms with van der Waals surface area (Å²) in [6.45, 7) is 0. The molecular formula is C20H16O6. The third kappa shape index (κ3) is 1.52. The number of hydrogen-bond acceptors (Lipinski definition) is 6. The van der Waals surface area contributed by atoms with Gasteiger partial charge in [0.25, 0.3) is 0 Å². The van der Waals surface area contributed by atoms with Gasteiger partial charge in [-0.25, -0.2) is 0 Å². The highest BCUT2D eigenvalue weighted by atomic mass is 16.8. The Bertz CT molecular complexity index is 956. The van der Waals surface area contributed by atoms with E-state index in [0.29, 0.717) is 17.9 Å². The van der Waals surface area contributed by atoms with Crippen LogP contribution < -0.4 is 9.47 Å². The van der Waals surface area contributed by atoms with Crippen molar-refractivity contribution in [2.75, 3.05) is 0 Å². The van der Waals surface area contributed by atoms with Crippen LogP contribution in [0.1, 0.15) is 19.3 Å². The van der Waals surface area contributed by atoms with Crippen LogP contribution in [0.15, 0.2) is 36.4 Å². The first-order valence-electron chi connectivity index (χ1n) is 8.88. The molecule has 132 valence electrons. The van der Waals surface area contributed by atoms with Crippen LogP contribution in [0.5, 0.6) is 11.5 Å². The molecule has 1 spiro atoms. The first kappa shape index (κ1) is 14.7. The van der Waals surface area contributed by atoms with E-state index in [1.807, 2.05) is 24.3 Å². The van der Waals surface area contributed by atoms with E-state index in [-0.39, 0.29) is 24.7 Å². The Hall–Kier alpha value is -2.44. The monoisotopic (exact) mass is 352 g/mol. The normalized spacial score (nSPS) is 36.1. The standard InChI is InChI=1S/C20H16O6/c21-12-7-8-16(22)19(23)11(12)9-15-18(24-15)20(19)25-13-5-1-3-10-4-2-6-14(26-20)17(10)13/h1-6,11,15,18,23H,7-9H2/t11-,15+,18+,19-/m0/s1. The van der Waals surface area contributed by atoms with Crippen LogP contribution in [-0.4, -0.2) is 40.3 Å². The topological polar surface area (TPSA) is 85.4 Å². The minimum atomic E-state index is -2.05. The van der Waals surface area contributed by atoms with Crippen LogP contribution >= 0.6 is 0 Å². The number of benzene rings is 2. The molecule has 0 unspecified atom stereocenters. The number of ketones is 2. The zero-order valence-corrected chi connectivity index (χ0v) is 13.8. The average molecular weight is 352 g/mol. The Kier molecular flexibility index (Phi) is 2.51. The van der Waals surface area contributed by atoms with Gasteiger partial charge in [-0.3, -0.25) is 9.59 Å². The predicted octanol–water partition coefficient (Wildman–Crippen LogP) is 1.76. The lowest BCUT2D eigenvalue weighted by atomic mass is 9.62. The molecule has 3 fully saturated rings. The van der Waals surface area contributed by atoms with Gasteiger partial charge >= 0.3 is 5.79 Å². The zero-order chi connectivity index (χ0) is 17.7. The maximum Gasteiger partial charge on any atom is 0.317 e. The molecule has 2 heterocycles. The second kappa shape index (κ2) is 4.45. The maximum absolute atomic E-state index is 12.9. The summed E-state index contributed by atoms with van der Waals surface area (Å²) in [6, 6.07) is 11.2. The second-order valence-corrected chi connectivity index (χ2v) is 7.52. The fraction of sp³-hybridized carbons (Fsp3) is 0.400. The summed E-state index contributed by atoms with van der Waals surface area (Å²) in [7, 11) is 0. The molecule has 2 aliphatic heterocycles. The van der Waals surface area contributed by atoms with Crippen LogP contribution in [-0.2, 0) is 14.3 Å². The number of rotatable bonds is 0. The molecule has 4 atom stereocenters. The lowest BCUT2D eigenvalue weighted by molar-refractivity contribution is -0.266. The van der Waals surface area contributed by atoms with Gasteiger partial charge in [0.15, 0.2) is 11.9 Å². The van der Waals surface area contributed by atoms with Crippen molar-refractivity contribution < 1.29 is 28.9 Å². The second-order valence-electron chi connectivity index (χ2n) is 7.52. The van der Waals surface area contributed by atoms with Gasteiger partial charge in [-0.05, 0) is 23.9 Å². The fourth-order valence-corrected chi connectivity index (χ4v) is 4.94. The summed E-state index contributed by atoms with van der Waals surface area (Å²) in [5, 5.41) is 13.3. The maximum atomic E-state index is 12.9. The highest BCUT2D eigenvalue weighted by molar-refractivity contribution is 6.02. The molecular weight excluding hydrogens is 336 g/mol. The number of aliphatic hydroxyl groups is 1. The SMILES string of the molecule is O=C1CCC(=O)[C@@]2(O)[C@H]1C[C@H]1O[C@H]1C21Oc2cccc3cccc(c23)O1. The average Bonchev–Trinajstić information content (AvgIpc) is 3.42. The smallest absolute Gasteiger partial charge is 0.317 e. The van der Waals surface area contributed by atoms with E-state index < -0.39 is 29.2 Å². The fourth-order valence-electron chi connectivity index (χ4n) is 4.94. The molecule has 6 heteroatoms. The van der Waals surface area contributed by atoms with Crippen LogP contribution in [0.25, 0.3) is 10.8 Å². The van der Waals surface area contributed by atoms with E-state index in [1.165, 1.54) is 0 Å². The van der Waals surface area contributed by atoms with Crippen LogP contribution in [0, 0.1) is 5.92 Å². The number of carbonyl (C=O) groups is 2. The molecule has 6 nitrogen and oxygen atoms in total. The van der Waals surface area contributed by atoms with Crippen LogP contribution in [0.4, 0.5) is 0 Å². The molecule has 1 N–H and O–H groups in total. The Morgan fingerprint density at radius 1 is 1.00 bits per heavy atom. The van der Waals surface area contributed by atoms with Gasteiger partial charge in [-0.2, -0.15) is 0 Å². The number of hydrogen-bond donors (Lipinski definition) is 1. The zero-order valence-electron chi connectivity index (χ0n) is 13.8. The summed E-state index contributed by atoms with van der Waals surface area (Å²) in [5.41, 5.74) is -2.05. The Morgan fingerprint density at radius 3 is 2.38 bits per heavy atom. The molecule has 2 aliphatic carbocycles. The molecule has 0 aromatic heterocycles. The summed E-state index contributed by atoms with van der Waals surface area (Å²) < 4.78 is 18.1. The van der Waals surface area contributed by atoms with E-state index in [0.717, 1.165) is 10.8 Å². The predicted molar refractivity (Wildman–Crippen MR) is 88.9 cm³/mol. The Morgan fingerprint density at radius 2 is 1.69 bits per heavy atom. The molecule has 4 aliphatic rings. The first-order chi connectivity index (χ1) is 12.5. The quantitative estimate of drug-likeness (QED) is 0.727. The highest BCUT2D eigenvalue weighted by Crippen LogP contribution is 2.59. The van der Waals surface area contributed by atoms with E-state index in [2.05, 4.69) is 0 Å². The van der Waals surface area contributed by atoms with Crippen molar-refractivity contribution in [2.45, 2.75) is 42.9 Å². The van der Waals surface area contributed by atoms with Crippen molar-refractivity contribution in [3.8, 4) is 11.5 Å². The van der Waals surface area contributed by atoms with E-state index in [4.69, 9.17) is 14.2 Å². The summed E-state index contributed by atoms with van der Waals surface area (Å²) in [4.78, 5) is 25.4. The Labute approximate surface area is 148 Å². The van der Waals surface area contributed by atoms with Gasteiger partial charge in [0.1, 0.15) is 17.3 Å². The molecule has 26 heavy (non-hydrogen) atoms. The third-order valence-electron chi connectivity index (χ3n) is 6.22.